The molecule has 1 aromatic carbocycles. The first-order valence-corrected chi connectivity index (χ1v) is 5.62. The van der Waals surface area contributed by atoms with Gasteiger partial charge in [-0.2, -0.15) is 0 Å². The Labute approximate surface area is 111 Å². The number of aliphatic hydroxyl groups excluding tert-OH is 2. The van der Waals surface area contributed by atoms with Crippen LogP contribution in [0.1, 0.15) is 10.4 Å². The molecule has 0 radical (unpaired) electrons. The number of esters is 1. The third-order valence-electron chi connectivity index (χ3n) is 2.42. The van der Waals surface area contributed by atoms with Crippen molar-refractivity contribution in [1.29, 1.82) is 0 Å². The highest BCUT2D eigenvalue weighted by Crippen LogP contribution is 2.13. The molecule has 0 saturated heterocycles. The second-order valence-corrected chi connectivity index (χ2v) is 3.72. The number of benzene rings is 1. The lowest BCUT2D eigenvalue weighted by molar-refractivity contribution is -0.0183. The Morgan fingerprint density at radius 2 is 2.11 bits per heavy atom. The monoisotopic (exact) mass is 264 g/mol. The van der Waals surface area contributed by atoms with Gasteiger partial charge in [-0.3, -0.25) is 0 Å². The average Bonchev–Trinajstić information content (AvgIpc) is 2.46. The third kappa shape index (κ3) is 4.26. The Morgan fingerprint density at radius 1 is 1.47 bits per heavy atom. The number of hydrogen-bond acceptors (Lipinski definition) is 5. The van der Waals surface area contributed by atoms with Gasteiger partial charge in [-0.05, 0) is 24.3 Å². The van der Waals surface area contributed by atoms with Gasteiger partial charge >= 0.3 is 5.97 Å². The molecule has 0 spiro atoms. The van der Waals surface area contributed by atoms with E-state index in [-0.39, 0.29) is 0 Å². The fourth-order valence-corrected chi connectivity index (χ4v) is 1.36. The number of rotatable bonds is 6. The highest BCUT2D eigenvalue weighted by molar-refractivity contribution is 5.89. The Bertz CT molecular complexity index is 459. The van der Waals surface area contributed by atoms with Crippen molar-refractivity contribution in [2.75, 3.05) is 13.7 Å². The summed E-state index contributed by atoms with van der Waals surface area (Å²) in [4.78, 5) is 11.8. The quantitative estimate of drug-likeness (QED) is 0.590. The SMILES string of the molecule is C=C=C[C@H](OC(=O)c1ccc(OC)cc1)[C@H](O)CO. The molecule has 0 amide bonds. The Hall–Kier alpha value is -2.07. The molecule has 2 N–H and O–H groups in total. The van der Waals surface area contributed by atoms with Crippen LogP contribution in [0.2, 0.25) is 0 Å². The van der Waals surface area contributed by atoms with Gasteiger partial charge < -0.3 is 19.7 Å². The molecule has 0 bridgehead atoms. The molecule has 5 nitrogen and oxygen atoms in total. The number of methoxy groups -OCH3 is 1. The lowest BCUT2D eigenvalue weighted by atomic mass is 10.2. The maximum atomic E-state index is 11.8. The van der Waals surface area contributed by atoms with E-state index < -0.39 is 24.8 Å². The Morgan fingerprint density at radius 3 is 2.58 bits per heavy atom. The molecule has 0 aromatic heterocycles. The topological polar surface area (TPSA) is 76.0 Å². The van der Waals surface area contributed by atoms with Crippen molar-refractivity contribution in [3.05, 3.63) is 48.2 Å². The molecule has 0 unspecified atom stereocenters. The first kappa shape index (κ1) is 15.0. The van der Waals surface area contributed by atoms with Crippen LogP contribution in [0.25, 0.3) is 0 Å². The number of aliphatic hydroxyl groups is 2. The smallest absolute Gasteiger partial charge is 0.338 e. The largest absolute Gasteiger partial charge is 0.497 e. The molecule has 2 atom stereocenters. The lowest BCUT2D eigenvalue weighted by Gasteiger charge is -2.17. The van der Waals surface area contributed by atoms with Crippen molar-refractivity contribution in [2.45, 2.75) is 12.2 Å². The van der Waals surface area contributed by atoms with Crippen LogP contribution in [0.5, 0.6) is 5.75 Å². The molecular weight excluding hydrogens is 248 g/mol. The zero-order chi connectivity index (χ0) is 14.3. The molecule has 0 aliphatic heterocycles. The maximum Gasteiger partial charge on any atom is 0.338 e. The van der Waals surface area contributed by atoms with E-state index in [2.05, 4.69) is 12.3 Å². The van der Waals surface area contributed by atoms with E-state index in [0.717, 1.165) is 0 Å². The van der Waals surface area contributed by atoms with Crippen molar-refractivity contribution in [3.8, 4) is 5.75 Å². The van der Waals surface area contributed by atoms with Gasteiger partial charge in [0.05, 0.1) is 19.3 Å². The van der Waals surface area contributed by atoms with E-state index >= 15 is 0 Å². The summed E-state index contributed by atoms with van der Waals surface area (Å²) in [6.45, 7) is 2.81. The molecule has 102 valence electrons. The minimum Gasteiger partial charge on any atom is -0.497 e. The summed E-state index contributed by atoms with van der Waals surface area (Å²) < 4.78 is 10.0. The molecule has 5 heteroatoms. The van der Waals surface area contributed by atoms with Gasteiger partial charge in [-0.15, -0.1) is 5.73 Å². The fraction of sp³-hybridized carbons (Fsp3) is 0.286. The second kappa shape index (κ2) is 7.38. The van der Waals surface area contributed by atoms with Crippen LogP contribution in [0.3, 0.4) is 0 Å². The first-order valence-electron chi connectivity index (χ1n) is 5.62. The standard InChI is InChI=1S/C14H16O5/c1-3-4-13(12(16)9-15)19-14(17)10-5-7-11(18-2)8-6-10/h4-8,12-13,15-16H,1,9H2,2H3/t12-,13+/m1/s1. The van der Waals surface area contributed by atoms with Gasteiger partial charge in [0.25, 0.3) is 0 Å². The number of hydrogen-bond donors (Lipinski definition) is 2. The number of carbonyl (C=O) groups excluding carboxylic acids is 1. The molecule has 1 rings (SSSR count). The third-order valence-corrected chi connectivity index (χ3v) is 2.42. The summed E-state index contributed by atoms with van der Waals surface area (Å²) in [5, 5.41) is 18.3. The summed E-state index contributed by atoms with van der Waals surface area (Å²) in [6.07, 6.45) is -0.920. The summed E-state index contributed by atoms with van der Waals surface area (Å²) in [5.41, 5.74) is 2.73. The van der Waals surface area contributed by atoms with Crippen LogP contribution < -0.4 is 4.74 Å². The highest BCUT2D eigenvalue weighted by atomic mass is 16.6. The zero-order valence-electron chi connectivity index (χ0n) is 10.6. The Balaban J connectivity index is 2.78. The van der Waals surface area contributed by atoms with Gasteiger partial charge in [0.1, 0.15) is 11.9 Å². The van der Waals surface area contributed by atoms with Crippen molar-refractivity contribution in [2.24, 2.45) is 0 Å². The summed E-state index contributed by atoms with van der Waals surface area (Å²) >= 11 is 0. The van der Waals surface area contributed by atoms with Gasteiger partial charge in [-0.25, -0.2) is 4.79 Å². The number of ether oxygens (including phenoxy) is 2. The van der Waals surface area contributed by atoms with Crippen LogP contribution >= 0.6 is 0 Å². The normalized spacial score (nSPS) is 13.0. The van der Waals surface area contributed by atoms with E-state index in [1.54, 1.807) is 24.3 Å². The Kier molecular flexibility index (Phi) is 5.82. The first-order chi connectivity index (χ1) is 9.12. The maximum absolute atomic E-state index is 11.8. The van der Waals surface area contributed by atoms with E-state index in [1.807, 2.05) is 0 Å². The summed E-state index contributed by atoms with van der Waals surface area (Å²) in [6, 6.07) is 6.33. The molecule has 0 fully saturated rings. The van der Waals surface area contributed by atoms with Crippen LogP contribution in [0.4, 0.5) is 0 Å². The highest BCUT2D eigenvalue weighted by Gasteiger charge is 2.21. The average molecular weight is 264 g/mol. The molecule has 0 heterocycles. The molecular formula is C14H16O5. The van der Waals surface area contributed by atoms with Gasteiger partial charge in [0, 0.05) is 6.08 Å². The molecule has 19 heavy (non-hydrogen) atoms. The predicted octanol–water partition coefficient (Wildman–Crippen LogP) is 0.915. The summed E-state index contributed by atoms with van der Waals surface area (Å²) in [5.74, 6) is 0.00105. The molecule has 0 saturated carbocycles. The van der Waals surface area contributed by atoms with E-state index in [1.165, 1.54) is 13.2 Å². The summed E-state index contributed by atoms with van der Waals surface area (Å²) in [7, 11) is 1.52. The van der Waals surface area contributed by atoms with Crippen LogP contribution in [-0.2, 0) is 4.74 Å². The van der Waals surface area contributed by atoms with E-state index in [0.29, 0.717) is 11.3 Å². The van der Waals surface area contributed by atoms with Crippen molar-refractivity contribution in [3.63, 3.8) is 0 Å². The van der Waals surface area contributed by atoms with Crippen LogP contribution in [0, 0.1) is 0 Å². The van der Waals surface area contributed by atoms with E-state index in [9.17, 15) is 9.90 Å². The minimum atomic E-state index is -1.21. The lowest BCUT2D eigenvalue weighted by Crippen LogP contribution is -2.32. The zero-order valence-corrected chi connectivity index (χ0v) is 10.6. The predicted molar refractivity (Wildman–Crippen MR) is 69.0 cm³/mol. The van der Waals surface area contributed by atoms with E-state index in [4.69, 9.17) is 14.6 Å². The van der Waals surface area contributed by atoms with Gasteiger partial charge in [0.2, 0.25) is 0 Å². The minimum absolute atomic E-state index is 0.313. The molecule has 0 aliphatic carbocycles. The molecule has 1 aromatic rings. The van der Waals surface area contributed by atoms with Gasteiger partial charge in [0.15, 0.2) is 6.10 Å². The van der Waals surface area contributed by atoms with Crippen molar-refractivity contribution in [1.82, 2.24) is 0 Å². The van der Waals surface area contributed by atoms with Crippen LogP contribution in [-0.4, -0.2) is 42.1 Å². The van der Waals surface area contributed by atoms with Crippen molar-refractivity contribution >= 4 is 5.97 Å². The fourth-order valence-electron chi connectivity index (χ4n) is 1.36. The van der Waals surface area contributed by atoms with Crippen molar-refractivity contribution < 1.29 is 24.5 Å². The number of carbonyl (C=O) groups is 1. The second-order valence-electron chi connectivity index (χ2n) is 3.72. The van der Waals surface area contributed by atoms with Gasteiger partial charge in [-0.1, -0.05) is 6.58 Å². The molecule has 0 aliphatic rings. The van der Waals surface area contributed by atoms with Crippen LogP contribution in [0.15, 0.2) is 42.7 Å².